The van der Waals surface area contributed by atoms with Gasteiger partial charge in [0.05, 0.1) is 11.6 Å². The van der Waals surface area contributed by atoms with Gasteiger partial charge in [0, 0.05) is 17.0 Å². The van der Waals surface area contributed by atoms with Crippen LogP contribution in [0.5, 0.6) is 11.5 Å². The van der Waals surface area contributed by atoms with Gasteiger partial charge in [-0.15, -0.1) is 0 Å². The lowest BCUT2D eigenvalue weighted by Crippen LogP contribution is -2.29. The van der Waals surface area contributed by atoms with Crippen LogP contribution in [-0.2, 0) is 19.1 Å². The summed E-state index contributed by atoms with van der Waals surface area (Å²) in [5.41, 5.74) is 0.542. The number of carbonyl (C=O) groups excluding carboxylic acids is 2. The summed E-state index contributed by atoms with van der Waals surface area (Å²) in [6, 6.07) is 11.8. The third kappa shape index (κ3) is 4.92. The molecule has 0 bridgehead atoms. The van der Waals surface area contributed by atoms with E-state index in [1.165, 1.54) is 0 Å². The molecule has 7 heteroatoms. The Morgan fingerprint density at radius 2 is 1.86 bits per heavy atom. The molecule has 29 heavy (non-hydrogen) atoms. The summed E-state index contributed by atoms with van der Waals surface area (Å²) < 4.78 is 16.8. The molecule has 1 aliphatic rings. The Labute approximate surface area is 179 Å². The summed E-state index contributed by atoms with van der Waals surface area (Å²) in [5, 5.41) is 0.904. The second kappa shape index (κ2) is 9.33. The topological polar surface area (TPSA) is 61.8 Å². The fourth-order valence-corrected chi connectivity index (χ4v) is 3.36. The maximum atomic E-state index is 12.5. The van der Waals surface area contributed by atoms with Crippen LogP contribution in [0.2, 0.25) is 10.0 Å². The molecule has 1 heterocycles. The highest BCUT2D eigenvalue weighted by Gasteiger charge is 2.34. The van der Waals surface area contributed by atoms with Gasteiger partial charge in [-0.2, -0.15) is 0 Å². The number of ether oxygens (including phenoxy) is 3. The van der Waals surface area contributed by atoms with Gasteiger partial charge in [0.2, 0.25) is 0 Å². The van der Waals surface area contributed by atoms with Crippen molar-refractivity contribution in [1.82, 2.24) is 0 Å². The lowest BCUT2D eigenvalue weighted by Gasteiger charge is -2.26. The minimum Gasteiger partial charge on any atom is -0.488 e. The summed E-state index contributed by atoms with van der Waals surface area (Å²) in [7, 11) is 0. The summed E-state index contributed by atoms with van der Waals surface area (Å²) >= 11 is 12.0. The molecular weight excluding hydrogens is 415 g/mol. The Balaban J connectivity index is 1.91. The molecule has 5 nitrogen and oxygen atoms in total. The van der Waals surface area contributed by atoms with Crippen LogP contribution >= 0.6 is 23.2 Å². The first kappa shape index (κ1) is 21.2. The van der Waals surface area contributed by atoms with Crippen molar-refractivity contribution in [3.05, 3.63) is 63.6 Å². The summed E-state index contributed by atoms with van der Waals surface area (Å²) in [5.74, 6) is 0.290. The van der Waals surface area contributed by atoms with E-state index >= 15 is 0 Å². The first-order valence-electron chi connectivity index (χ1n) is 9.27. The standard InChI is InChI=1S/C22H20Cl2O5/c1-3-15-12-18(25)20(22(26)27-4-2)21(29-15)13-5-8-16(9-6-13)28-19-10-7-14(23)11-17(19)24/h5-11,15H,3-4,12H2,1-2H3. The normalized spacial score (nSPS) is 16.4. The quantitative estimate of drug-likeness (QED) is 0.422. The molecule has 1 atom stereocenters. The van der Waals surface area contributed by atoms with E-state index < -0.39 is 5.97 Å². The average Bonchev–Trinajstić information content (AvgIpc) is 2.70. The molecule has 2 aromatic rings. The molecule has 0 aliphatic carbocycles. The third-order valence-corrected chi connectivity index (χ3v) is 4.91. The lowest BCUT2D eigenvalue weighted by molar-refractivity contribution is -0.140. The molecule has 0 N–H and O–H groups in total. The van der Waals surface area contributed by atoms with E-state index in [1.807, 2.05) is 6.92 Å². The first-order valence-corrected chi connectivity index (χ1v) is 10.0. The van der Waals surface area contributed by atoms with Gasteiger partial charge < -0.3 is 14.2 Å². The van der Waals surface area contributed by atoms with E-state index in [9.17, 15) is 9.59 Å². The molecule has 0 amide bonds. The van der Waals surface area contributed by atoms with Gasteiger partial charge in [0.25, 0.3) is 0 Å². The number of carbonyl (C=O) groups is 2. The molecule has 3 rings (SSSR count). The highest BCUT2D eigenvalue weighted by atomic mass is 35.5. The molecule has 2 aromatic carbocycles. The maximum absolute atomic E-state index is 12.5. The van der Waals surface area contributed by atoms with Gasteiger partial charge in [-0.1, -0.05) is 30.1 Å². The molecule has 0 fully saturated rings. The highest BCUT2D eigenvalue weighted by Crippen LogP contribution is 2.34. The Bertz CT molecular complexity index is 950. The van der Waals surface area contributed by atoms with E-state index in [0.717, 1.165) is 0 Å². The average molecular weight is 435 g/mol. The zero-order valence-electron chi connectivity index (χ0n) is 16.0. The Morgan fingerprint density at radius 1 is 1.14 bits per heavy atom. The van der Waals surface area contributed by atoms with Gasteiger partial charge in [0.15, 0.2) is 5.78 Å². The van der Waals surface area contributed by atoms with Gasteiger partial charge in [-0.25, -0.2) is 4.79 Å². The number of halogens is 2. The Morgan fingerprint density at radius 3 is 2.48 bits per heavy atom. The number of ketones is 1. The SMILES string of the molecule is CCOC(=O)C1=C(c2ccc(Oc3ccc(Cl)cc3Cl)cc2)OC(CC)CC1=O. The molecule has 152 valence electrons. The van der Waals surface area contributed by atoms with Crippen LogP contribution in [0.3, 0.4) is 0 Å². The molecule has 0 radical (unpaired) electrons. The fourth-order valence-electron chi connectivity index (χ4n) is 2.91. The maximum Gasteiger partial charge on any atom is 0.345 e. The van der Waals surface area contributed by atoms with Gasteiger partial charge in [-0.3, -0.25) is 4.79 Å². The highest BCUT2D eigenvalue weighted by molar-refractivity contribution is 6.35. The molecule has 0 saturated carbocycles. The monoisotopic (exact) mass is 434 g/mol. The van der Waals surface area contributed by atoms with Gasteiger partial charge >= 0.3 is 5.97 Å². The van der Waals surface area contributed by atoms with Crippen molar-refractivity contribution in [3.8, 4) is 11.5 Å². The van der Waals surface area contributed by atoms with E-state index in [-0.39, 0.29) is 36.2 Å². The molecule has 0 aromatic heterocycles. The minimum absolute atomic E-state index is 0.0500. The second-order valence-corrected chi connectivity index (χ2v) is 7.24. The van der Waals surface area contributed by atoms with Crippen molar-refractivity contribution in [2.45, 2.75) is 32.8 Å². The van der Waals surface area contributed by atoms with Crippen molar-refractivity contribution in [2.24, 2.45) is 0 Å². The predicted octanol–water partition coefficient (Wildman–Crippen LogP) is 5.83. The number of benzene rings is 2. The lowest BCUT2D eigenvalue weighted by atomic mass is 9.96. The molecule has 0 saturated heterocycles. The summed E-state index contributed by atoms with van der Waals surface area (Å²) in [6.45, 7) is 3.79. The van der Waals surface area contributed by atoms with Crippen LogP contribution in [0.25, 0.3) is 5.76 Å². The Kier molecular flexibility index (Phi) is 6.83. The van der Waals surface area contributed by atoms with Crippen molar-refractivity contribution >= 4 is 40.7 Å². The van der Waals surface area contributed by atoms with E-state index in [4.69, 9.17) is 37.4 Å². The second-order valence-electron chi connectivity index (χ2n) is 6.40. The van der Waals surface area contributed by atoms with Crippen LogP contribution in [0.15, 0.2) is 48.0 Å². The van der Waals surface area contributed by atoms with Crippen LogP contribution < -0.4 is 4.74 Å². The van der Waals surface area contributed by atoms with Crippen LogP contribution in [0, 0.1) is 0 Å². The van der Waals surface area contributed by atoms with Crippen molar-refractivity contribution in [1.29, 1.82) is 0 Å². The predicted molar refractivity (Wildman–Crippen MR) is 111 cm³/mol. The van der Waals surface area contributed by atoms with Crippen molar-refractivity contribution in [3.63, 3.8) is 0 Å². The summed E-state index contributed by atoms with van der Waals surface area (Å²) in [6.07, 6.45) is 0.533. The number of Topliss-reactive ketones (excluding diaryl/α,β-unsaturated/α-hetero) is 1. The van der Waals surface area contributed by atoms with E-state index in [2.05, 4.69) is 0 Å². The van der Waals surface area contributed by atoms with E-state index in [0.29, 0.717) is 33.5 Å². The largest absolute Gasteiger partial charge is 0.488 e. The zero-order chi connectivity index (χ0) is 21.0. The van der Waals surface area contributed by atoms with Crippen molar-refractivity contribution in [2.75, 3.05) is 6.61 Å². The third-order valence-electron chi connectivity index (χ3n) is 4.38. The molecular formula is C22H20Cl2O5. The number of esters is 1. The van der Waals surface area contributed by atoms with Crippen LogP contribution in [-0.4, -0.2) is 24.5 Å². The van der Waals surface area contributed by atoms with Crippen molar-refractivity contribution < 1.29 is 23.8 Å². The smallest absolute Gasteiger partial charge is 0.345 e. The summed E-state index contributed by atoms with van der Waals surface area (Å²) in [4.78, 5) is 24.9. The van der Waals surface area contributed by atoms with Gasteiger partial charge in [-0.05, 0) is 55.8 Å². The number of hydrogen-bond acceptors (Lipinski definition) is 5. The number of rotatable bonds is 6. The van der Waals surface area contributed by atoms with Crippen LogP contribution in [0.4, 0.5) is 0 Å². The Hall–Kier alpha value is -2.50. The number of hydrogen-bond donors (Lipinski definition) is 0. The fraction of sp³-hybridized carbons (Fsp3) is 0.273. The molecule has 1 aliphatic heterocycles. The van der Waals surface area contributed by atoms with Crippen LogP contribution in [0.1, 0.15) is 32.3 Å². The first-order chi connectivity index (χ1) is 13.9. The molecule has 1 unspecified atom stereocenters. The molecule has 0 spiro atoms. The zero-order valence-corrected chi connectivity index (χ0v) is 17.5. The minimum atomic E-state index is -0.671. The van der Waals surface area contributed by atoms with Gasteiger partial charge in [0.1, 0.15) is 28.9 Å². The van der Waals surface area contributed by atoms with E-state index in [1.54, 1.807) is 49.4 Å².